The van der Waals surface area contributed by atoms with E-state index in [0.29, 0.717) is 22.9 Å². The third-order valence-electron chi connectivity index (χ3n) is 3.58. The molecule has 2 aromatic carbocycles. The second-order valence-corrected chi connectivity index (χ2v) is 5.43. The minimum absolute atomic E-state index is 0.0906. The molecule has 0 aromatic heterocycles. The van der Waals surface area contributed by atoms with Crippen molar-refractivity contribution in [2.75, 3.05) is 17.7 Å². The van der Waals surface area contributed by atoms with Crippen molar-refractivity contribution in [3.63, 3.8) is 0 Å². The number of likely N-dealkylation sites (N-methyl/N-ethyl adjacent to an activating group) is 1. The maximum absolute atomic E-state index is 12.4. The Morgan fingerprint density at radius 1 is 1.29 bits per heavy atom. The van der Waals surface area contributed by atoms with Gasteiger partial charge in [-0.2, -0.15) is 0 Å². The Hall–Kier alpha value is -2.20. The number of ether oxygens (including phenoxy) is 1. The van der Waals surface area contributed by atoms with Gasteiger partial charge in [-0.25, -0.2) is 0 Å². The zero-order valence-electron chi connectivity index (χ0n) is 11.5. The van der Waals surface area contributed by atoms with Crippen molar-refractivity contribution in [1.82, 2.24) is 0 Å². The summed E-state index contributed by atoms with van der Waals surface area (Å²) in [7, 11) is 1.74. The normalized spacial score (nSPS) is 17.3. The van der Waals surface area contributed by atoms with Crippen molar-refractivity contribution in [1.29, 1.82) is 0 Å². The number of rotatable bonds is 2. The molecule has 0 aliphatic carbocycles. The van der Waals surface area contributed by atoms with Crippen LogP contribution in [0.4, 0.5) is 11.4 Å². The van der Waals surface area contributed by atoms with Crippen LogP contribution in [0.15, 0.2) is 42.5 Å². The predicted octanol–water partition coefficient (Wildman–Crippen LogP) is 2.89. The van der Waals surface area contributed by atoms with E-state index >= 15 is 0 Å². The number of carbonyl (C=O) groups is 1. The van der Waals surface area contributed by atoms with Crippen LogP contribution < -0.4 is 15.4 Å². The molecule has 0 bridgehead atoms. The summed E-state index contributed by atoms with van der Waals surface area (Å²) in [6, 6.07) is 12.7. The molecule has 2 aromatic rings. The van der Waals surface area contributed by atoms with E-state index < -0.39 is 6.10 Å². The first-order chi connectivity index (χ1) is 10.1. The fraction of sp³-hybridized carbons (Fsp3) is 0.188. The molecule has 1 aliphatic heterocycles. The zero-order valence-corrected chi connectivity index (χ0v) is 12.3. The molecular formula is C16H15ClN2O2. The summed E-state index contributed by atoms with van der Waals surface area (Å²) in [5, 5.41) is 0.634. The van der Waals surface area contributed by atoms with Crippen molar-refractivity contribution in [2.45, 2.75) is 12.5 Å². The smallest absolute Gasteiger partial charge is 0.268 e. The lowest BCUT2D eigenvalue weighted by Crippen LogP contribution is -2.44. The van der Waals surface area contributed by atoms with Crippen molar-refractivity contribution >= 4 is 28.9 Å². The molecule has 0 fully saturated rings. The SMILES string of the molecule is CN1C(=O)C(Cc2ccccc2Cl)Oc2cc(N)ccc21. The Morgan fingerprint density at radius 3 is 2.81 bits per heavy atom. The van der Waals surface area contributed by atoms with Gasteiger partial charge >= 0.3 is 0 Å². The van der Waals surface area contributed by atoms with Crippen LogP contribution in [0.5, 0.6) is 5.75 Å². The first-order valence-electron chi connectivity index (χ1n) is 6.63. The van der Waals surface area contributed by atoms with E-state index in [9.17, 15) is 4.79 Å². The van der Waals surface area contributed by atoms with Crippen molar-refractivity contribution in [3.05, 3.63) is 53.1 Å². The molecule has 108 valence electrons. The van der Waals surface area contributed by atoms with E-state index in [-0.39, 0.29) is 5.91 Å². The van der Waals surface area contributed by atoms with E-state index in [1.165, 1.54) is 0 Å². The van der Waals surface area contributed by atoms with Gasteiger partial charge in [-0.3, -0.25) is 4.79 Å². The molecule has 1 unspecified atom stereocenters. The summed E-state index contributed by atoms with van der Waals surface area (Å²) in [6.07, 6.45) is -0.166. The molecule has 0 spiro atoms. The lowest BCUT2D eigenvalue weighted by molar-refractivity contribution is -0.125. The van der Waals surface area contributed by atoms with Crippen LogP contribution in [0.25, 0.3) is 0 Å². The minimum atomic E-state index is -0.593. The lowest BCUT2D eigenvalue weighted by Gasteiger charge is -2.32. The van der Waals surface area contributed by atoms with Gasteiger partial charge in [0.05, 0.1) is 5.69 Å². The number of nitrogens with zero attached hydrogens (tertiary/aromatic N) is 1. The van der Waals surface area contributed by atoms with E-state index in [0.717, 1.165) is 11.3 Å². The maximum Gasteiger partial charge on any atom is 0.268 e. The number of hydrogen-bond donors (Lipinski definition) is 1. The molecular weight excluding hydrogens is 288 g/mol. The molecule has 0 radical (unpaired) electrons. The summed E-state index contributed by atoms with van der Waals surface area (Å²) in [4.78, 5) is 14.0. The number of fused-ring (bicyclic) bond motifs is 1. The molecule has 0 saturated carbocycles. The summed E-state index contributed by atoms with van der Waals surface area (Å²) < 4.78 is 5.82. The third-order valence-corrected chi connectivity index (χ3v) is 3.95. The van der Waals surface area contributed by atoms with Gasteiger partial charge in [0.2, 0.25) is 0 Å². The van der Waals surface area contributed by atoms with Gasteiger partial charge in [0.15, 0.2) is 6.10 Å². The van der Waals surface area contributed by atoms with Gasteiger partial charge in [0.1, 0.15) is 5.75 Å². The second kappa shape index (κ2) is 5.30. The van der Waals surface area contributed by atoms with Gasteiger partial charge in [0.25, 0.3) is 5.91 Å². The largest absolute Gasteiger partial charge is 0.478 e. The first-order valence-corrected chi connectivity index (χ1v) is 7.01. The van der Waals surface area contributed by atoms with E-state index in [1.54, 1.807) is 36.2 Å². The van der Waals surface area contributed by atoms with Gasteiger partial charge < -0.3 is 15.4 Å². The number of benzene rings is 2. The Balaban J connectivity index is 1.91. The highest BCUT2D eigenvalue weighted by Gasteiger charge is 2.32. The van der Waals surface area contributed by atoms with E-state index in [2.05, 4.69) is 0 Å². The maximum atomic E-state index is 12.4. The molecule has 1 heterocycles. The second-order valence-electron chi connectivity index (χ2n) is 5.03. The summed E-state index contributed by atoms with van der Waals surface area (Å²) in [5.74, 6) is 0.529. The van der Waals surface area contributed by atoms with Gasteiger partial charge in [-0.15, -0.1) is 0 Å². The summed E-state index contributed by atoms with van der Waals surface area (Å²) >= 11 is 6.15. The monoisotopic (exact) mass is 302 g/mol. The number of nitrogen functional groups attached to an aromatic ring is 1. The van der Waals surface area contributed by atoms with E-state index in [4.69, 9.17) is 22.1 Å². The van der Waals surface area contributed by atoms with Gasteiger partial charge in [-0.1, -0.05) is 29.8 Å². The van der Waals surface area contributed by atoms with Crippen LogP contribution in [0, 0.1) is 0 Å². The fourth-order valence-electron chi connectivity index (χ4n) is 2.43. The molecule has 1 aliphatic rings. The van der Waals surface area contributed by atoms with E-state index in [1.807, 2.05) is 18.2 Å². The predicted molar refractivity (Wildman–Crippen MR) is 83.8 cm³/mol. The molecule has 2 N–H and O–H groups in total. The van der Waals surface area contributed by atoms with Crippen LogP contribution in [0.3, 0.4) is 0 Å². The molecule has 21 heavy (non-hydrogen) atoms. The van der Waals surface area contributed by atoms with Crippen molar-refractivity contribution in [3.8, 4) is 5.75 Å². The highest BCUT2D eigenvalue weighted by Crippen LogP contribution is 2.35. The number of amides is 1. The molecule has 5 heteroatoms. The number of nitrogens with two attached hydrogens (primary N) is 1. The third kappa shape index (κ3) is 2.54. The van der Waals surface area contributed by atoms with Gasteiger partial charge in [-0.05, 0) is 23.8 Å². The minimum Gasteiger partial charge on any atom is -0.478 e. The average Bonchev–Trinajstić information content (AvgIpc) is 2.46. The van der Waals surface area contributed by atoms with Crippen LogP contribution in [0.1, 0.15) is 5.56 Å². The van der Waals surface area contributed by atoms with Crippen LogP contribution >= 0.6 is 11.6 Å². The number of hydrogen-bond acceptors (Lipinski definition) is 3. The summed E-state index contributed by atoms with van der Waals surface area (Å²) in [5.41, 5.74) is 8.00. The van der Waals surface area contributed by atoms with Crippen LogP contribution in [-0.4, -0.2) is 19.1 Å². The first kappa shape index (κ1) is 13.8. The standard InChI is InChI=1S/C16H15ClN2O2/c1-19-13-7-6-11(18)9-14(13)21-15(16(19)20)8-10-4-2-3-5-12(10)17/h2-7,9,15H,8,18H2,1H3. The topological polar surface area (TPSA) is 55.6 Å². The Bertz CT molecular complexity index is 702. The van der Waals surface area contributed by atoms with Crippen LogP contribution in [-0.2, 0) is 11.2 Å². The molecule has 1 amide bonds. The molecule has 1 atom stereocenters. The quantitative estimate of drug-likeness (QED) is 0.868. The van der Waals surface area contributed by atoms with Crippen molar-refractivity contribution < 1.29 is 9.53 Å². The number of halogens is 1. The molecule has 4 nitrogen and oxygen atoms in total. The average molecular weight is 303 g/mol. The number of carbonyl (C=O) groups excluding carboxylic acids is 1. The van der Waals surface area contributed by atoms with Crippen molar-refractivity contribution in [2.24, 2.45) is 0 Å². The lowest BCUT2D eigenvalue weighted by atomic mass is 10.0. The highest BCUT2D eigenvalue weighted by molar-refractivity contribution is 6.31. The van der Waals surface area contributed by atoms with Gasteiger partial charge in [0, 0.05) is 30.2 Å². The van der Waals surface area contributed by atoms with Crippen LogP contribution in [0.2, 0.25) is 5.02 Å². The molecule has 3 rings (SSSR count). The summed E-state index contributed by atoms with van der Waals surface area (Å²) in [6.45, 7) is 0. The Kier molecular flexibility index (Phi) is 3.47. The number of anilines is 2. The Labute approximate surface area is 128 Å². The Morgan fingerprint density at radius 2 is 2.05 bits per heavy atom. The highest BCUT2D eigenvalue weighted by atomic mass is 35.5. The molecule has 0 saturated heterocycles. The zero-order chi connectivity index (χ0) is 15.0. The fourth-order valence-corrected chi connectivity index (χ4v) is 2.65.